The van der Waals surface area contributed by atoms with Crippen molar-refractivity contribution < 1.29 is 23.3 Å². The van der Waals surface area contributed by atoms with Crippen molar-refractivity contribution in [2.75, 3.05) is 11.1 Å². The van der Waals surface area contributed by atoms with E-state index in [0.29, 0.717) is 15.7 Å². The summed E-state index contributed by atoms with van der Waals surface area (Å²) >= 11 is 11.6. The average molecular weight is 376 g/mol. The first-order chi connectivity index (χ1) is 10.8. The Morgan fingerprint density at radius 3 is 2.52 bits per heavy atom. The van der Waals surface area contributed by atoms with Crippen LogP contribution in [-0.2, 0) is 21.3 Å². The molecule has 2 aromatic rings. The highest BCUT2D eigenvalue weighted by Gasteiger charge is 2.14. The van der Waals surface area contributed by atoms with Crippen LogP contribution in [0.25, 0.3) is 0 Å². The fraction of sp³-hybridized carbons (Fsp3) is 0.143. The molecular weight excluding hydrogens is 365 g/mol. The van der Waals surface area contributed by atoms with Gasteiger partial charge in [-0.3, -0.25) is 9.00 Å². The zero-order valence-corrected chi connectivity index (χ0v) is 13.9. The second kappa shape index (κ2) is 7.63. The number of aromatic carboxylic acids is 1. The van der Waals surface area contributed by atoms with Gasteiger partial charge in [0.05, 0.1) is 15.8 Å². The van der Waals surface area contributed by atoms with Gasteiger partial charge >= 0.3 is 5.97 Å². The van der Waals surface area contributed by atoms with E-state index in [1.165, 1.54) is 24.3 Å². The molecular formula is C14H11Cl2NO5S. The second-order valence-corrected chi connectivity index (χ2v) is 6.75. The number of halogens is 2. The Kier molecular flexibility index (Phi) is 5.81. The summed E-state index contributed by atoms with van der Waals surface area (Å²) in [6.07, 6.45) is 0. The van der Waals surface area contributed by atoms with Crippen molar-refractivity contribution in [3.05, 3.63) is 51.9 Å². The molecule has 1 unspecified atom stereocenters. The van der Waals surface area contributed by atoms with Crippen LogP contribution in [0.4, 0.5) is 5.69 Å². The third kappa shape index (κ3) is 5.09. The predicted molar refractivity (Wildman–Crippen MR) is 87.5 cm³/mol. The summed E-state index contributed by atoms with van der Waals surface area (Å²) in [6.45, 7) is 0. The van der Waals surface area contributed by atoms with Crippen LogP contribution in [0.5, 0.6) is 0 Å². The van der Waals surface area contributed by atoms with E-state index in [-0.39, 0.29) is 23.0 Å². The minimum absolute atomic E-state index is 0.0535. The first kappa shape index (κ1) is 17.5. The molecule has 0 saturated heterocycles. The molecule has 6 nitrogen and oxygen atoms in total. The van der Waals surface area contributed by atoms with E-state index in [1.807, 2.05) is 0 Å². The smallest absolute Gasteiger partial charge is 0.371 e. The number of rotatable bonds is 6. The number of carboxylic acids is 1. The molecule has 0 fully saturated rings. The van der Waals surface area contributed by atoms with E-state index in [1.54, 1.807) is 6.07 Å². The number of hydrogen-bond donors (Lipinski definition) is 2. The van der Waals surface area contributed by atoms with E-state index in [0.717, 1.165) is 0 Å². The van der Waals surface area contributed by atoms with Crippen LogP contribution in [0, 0.1) is 0 Å². The number of carbonyl (C=O) groups is 2. The average Bonchev–Trinajstić information content (AvgIpc) is 2.91. The normalized spacial score (nSPS) is 11.9. The van der Waals surface area contributed by atoms with Gasteiger partial charge in [0.15, 0.2) is 0 Å². The molecule has 122 valence electrons. The highest BCUT2D eigenvalue weighted by atomic mass is 35.5. The van der Waals surface area contributed by atoms with Crippen molar-refractivity contribution in [1.82, 2.24) is 0 Å². The number of carbonyl (C=O) groups excluding carboxylic acids is 1. The number of amides is 1. The van der Waals surface area contributed by atoms with Crippen LogP contribution in [0.1, 0.15) is 16.3 Å². The standard InChI is InChI=1S/C14H11Cl2NO5S/c15-10-3-1-8(5-11(10)16)17-13(18)7-23(21)6-9-2-4-12(22-9)14(19)20/h1-5H,6-7H2,(H,17,18)(H,19,20). The number of benzene rings is 1. The third-order valence-corrected chi connectivity index (χ3v) is 4.60. The number of furan rings is 1. The fourth-order valence-electron chi connectivity index (χ4n) is 1.70. The number of hydrogen-bond acceptors (Lipinski definition) is 4. The molecule has 1 amide bonds. The predicted octanol–water partition coefficient (Wildman–Crippen LogP) is 3.17. The molecule has 0 saturated carbocycles. The maximum absolute atomic E-state index is 11.9. The SMILES string of the molecule is O=C(CS(=O)Cc1ccc(C(=O)O)o1)Nc1ccc(Cl)c(Cl)c1. The molecule has 23 heavy (non-hydrogen) atoms. The van der Waals surface area contributed by atoms with E-state index < -0.39 is 22.7 Å². The minimum Gasteiger partial charge on any atom is -0.475 e. The van der Waals surface area contributed by atoms with E-state index in [2.05, 4.69) is 5.32 Å². The molecule has 2 rings (SSSR count). The molecule has 1 atom stereocenters. The first-order valence-corrected chi connectivity index (χ1v) is 8.51. The van der Waals surface area contributed by atoms with Gasteiger partial charge in [-0.1, -0.05) is 23.2 Å². The minimum atomic E-state index is -1.54. The summed E-state index contributed by atoms with van der Waals surface area (Å²) in [5.41, 5.74) is 0.438. The third-order valence-electron chi connectivity index (χ3n) is 2.67. The van der Waals surface area contributed by atoms with E-state index in [9.17, 15) is 13.8 Å². The van der Waals surface area contributed by atoms with Crippen molar-refractivity contribution in [2.24, 2.45) is 0 Å². The molecule has 0 aliphatic carbocycles. The molecule has 0 aliphatic rings. The van der Waals surface area contributed by atoms with Crippen LogP contribution in [0.2, 0.25) is 10.0 Å². The Labute approximate surface area is 143 Å². The lowest BCUT2D eigenvalue weighted by Gasteiger charge is -2.06. The topological polar surface area (TPSA) is 96.6 Å². The van der Waals surface area contributed by atoms with Gasteiger partial charge in [-0.15, -0.1) is 0 Å². The Hall–Kier alpha value is -1.83. The summed E-state index contributed by atoms with van der Waals surface area (Å²) in [5, 5.41) is 11.9. The van der Waals surface area contributed by atoms with Crippen LogP contribution in [0.15, 0.2) is 34.7 Å². The van der Waals surface area contributed by atoms with Crippen molar-refractivity contribution >= 4 is 51.6 Å². The van der Waals surface area contributed by atoms with Crippen molar-refractivity contribution in [2.45, 2.75) is 5.75 Å². The van der Waals surface area contributed by atoms with Crippen LogP contribution in [-0.4, -0.2) is 26.9 Å². The van der Waals surface area contributed by atoms with Crippen molar-refractivity contribution in [1.29, 1.82) is 0 Å². The lowest BCUT2D eigenvalue weighted by atomic mass is 10.3. The number of carboxylic acid groups (broad SMARTS) is 1. The highest BCUT2D eigenvalue weighted by molar-refractivity contribution is 7.84. The molecule has 9 heteroatoms. The van der Waals surface area contributed by atoms with Gasteiger partial charge in [-0.05, 0) is 30.3 Å². The van der Waals surface area contributed by atoms with Gasteiger partial charge in [0.25, 0.3) is 0 Å². The Morgan fingerprint density at radius 1 is 1.17 bits per heavy atom. The van der Waals surface area contributed by atoms with Crippen LogP contribution < -0.4 is 5.32 Å². The molecule has 0 aliphatic heterocycles. The van der Waals surface area contributed by atoms with Crippen molar-refractivity contribution in [3.63, 3.8) is 0 Å². The summed E-state index contributed by atoms with van der Waals surface area (Å²) < 4.78 is 16.9. The Morgan fingerprint density at radius 2 is 1.91 bits per heavy atom. The van der Waals surface area contributed by atoms with Crippen molar-refractivity contribution in [3.8, 4) is 0 Å². The lowest BCUT2D eigenvalue weighted by Crippen LogP contribution is -2.20. The Bertz CT molecular complexity index is 774. The monoisotopic (exact) mass is 375 g/mol. The summed E-state index contributed by atoms with van der Waals surface area (Å²) in [7, 11) is -1.54. The highest BCUT2D eigenvalue weighted by Crippen LogP contribution is 2.25. The molecule has 0 bridgehead atoms. The zero-order valence-electron chi connectivity index (χ0n) is 11.5. The fourth-order valence-corrected chi connectivity index (χ4v) is 2.93. The van der Waals surface area contributed by atoms with Gasteiger partial charge in [0.2, 0.25) is 11.7 Å². The van der Waals surface area contributed by atoms with Crippen LogP contribution in [0.3, 0.4) is 0 Å². The maximum Gasteiger partial charge on any atom is 0.371 e. The first-order valence-electron chi connectivity index (χ1n) is 6.27. The van der Waals surface area contributed by atoms with Gasteiger partial charge in [-0.2, -0.15) is 0 Å². The van der Waals surface area contributed by atoms with Gasteiger partial charge in [0.1, 0.15) is 11.5 Å². The zero-order chi connectivity index (χ0) is 17.0. The molecule has 1 aromatic carbocycles. The van der Waals surface area contributed by atoms with Gasteiger partial charge in [-0.25, -0.2) is 4.79 Å². The number of nitrogens with one attached hydrogen (secondary N) is 1. The van der Waals surface area contributed by atoms with Gasteiger partial charge in [0, 0.05) is 16.5 Å². The second-order valence-electron chi connectivity index (χ2n) is 4.48. The summed E-state index contributed by atoms with van der Waals surface area (Å²) in [4.78, 5) is 22.5. The largest absolute Gasteiger partial charge is 0.475 e. The maximum atomic E-state index is 11.9. The molecule has 1 heterocycles. The molecule has 0 spiro atoms. The summed E-state index contributed by atoms with van der Waals surface area (Å²) in [6, 6.07) is 7.27. The van der Waals surface area contributed by atoms with E-state index >= 15 is 0 Å². The quantitative estimate of drug-likeness (QED) is 0.807. The molecule has 2 N–H and O–H groups in total. The van der Waals surface area contributed by atoms with Crippen LogP contribution >= 0.6 is 23.2 Å². The molecule has 0 radical (unpaired) electrons. The summed E-state index contributed by atoms with van der Waals surface area (Å²) in [5.74, 6) is -1.99. The molecule has 1 aromatic heterocycles. The Balaban J connectivity index is 1.90. The number of anilines is 1. The van der Waals surface area contributed by atoms with E-state index in [4.69, 9.17) is 32.7 Å². The van der Waals surface area contributed by atoms with Gasteiger partial charge < -0.3 is 14.8 Å². The lowest BCUT2D eigenvalue weighted by molar-refractivity contribution is -0.113.